The first-order valence-electron chi connectivity index (χ1n) is 14.0. The first-order valence-corrected chi connectivity index (χ1v) is 14.0. The maximum atomic E-state index is 13.7. The molecule has 10 nitrogen and oxygen atoms in total. The number of piperazine rings is 1. The van der Waals surface area contributed by atoms with Gasteiger partial charge in [-0.15, -0.1) is 0 Å². The van der Waals surface area contributed by atoms with Gasteiger partial charge in [0.2, 0.25) is 11.8 Å². The zero-order chi connectivity index (χ0) is 27.2. The van der Waals surface area contributed by atoms with Gasteiger partial charge in [0, 0.05) is 71.4 Å². The lowest BCUT2D eigenvalue weighted by Crippen LogP contribution is -2.49. The number of amides is 3. The van der Waals surface area contributed by atoms with Gasteiger partial charge in [0.25, 0.3) is 5.91 Å². The van der Waals surface area contributed by atoms with Gasteiger partial charge in [0.15, 0.2) is 0 Å². The van der Waals surface area contributed by atoms with Gasteiger partial charge in [-0.2, -0.15) is 0 Å². The van der Waals surface area contributed by atoms with E-state index in [0.717, 1.165) is 65.2 Å². The molecule has 0 saturated carbocycles. The lowest BCUT2D eigenvalue weighted by molar-refractivity contribution is -0.123. The van der Waals surface area contributed by atoms with Gasteiger partial charge in [0.05, 0.1) is 29.2 Å². The number of nitrogens with zero attached hydrogens (tertiary/aromatic N) is 4. The third kappa shape index (κ3) is 6.65. The van der Waals surface area contributed by atoms with Crippen molar-refractivity contribution in [2.45, 2.75) is 25.3 Å². The molecule has 0 aromatic heterocycles. The second kappa shape index (κ2) is 12.7. The molecule has 3 aliphatic rings. The number of fused-ring (bicyclic) bond motifs is 2. The molecule has 3 heterocycles. The van der Waals surface area contributed by atoms with E-state index < -0.39 is 0 Å². The molecule has 2 saturated heterocycles. The summed E-state index contributed by atoms with van der Waals surface area (Å²) < 4.78 is 0. The van der Waals surface area contributed by atoms with Crippen molar-refractivity contribution in [1.82, 2.24) is 20.0 Å². The van der Waals surface area contributed by atoms with Crippen LogP contribution in [-0.4, -0.2) is 104 Å². The van der Waals surface area contributed by atoms with Crippen LogP contribution in [0.3, 0.4) is 0 Å². The monoisotopic (exact) mass is 533 g/mol. The number of rotatable bonds is 8. The SMILES string of the molecule is NCCN1CCN(CCC(=O)NC2CCN(CC(=O)N3c4ccccc4NC(=O)c4ccccc43)CC2)CC1. The van der Waals surface area contributed by atoms with Crippen LogP contribution in [0.1, 0.15) is 29.6 Å². The fraction of sp³-hybridized carbons (Fsp3) is 0.483. The minimum Gasteiger partial charge on any atom is -0.353 e. The number of para-hydroxylation sites is 3. The number of nitrogens with one attached hydrogen (secondary N) is 2. The van der Waals surface area contributed by atoms with Crippen molar-refractivity contribution >= 4 is 34.8 Å². The van der Waals surface area contributed by atoms with Crippen molar-refractivity contribution < 1.29 is 14.4 Å². The second-order valence-electron chi connectivity index (χ2n) is 10.6. The molecular formula is C29H39N7O3. The molecule has 5 rings (SSSR count). The summed E-state index contributed by atoms with van der Waals surface area (Å²) in [5.74, 6) is -0.205. The van der Waals surface area contributed by atoms with Crippen LogP contribution in [0.4, 0.5) is 17.1 Å². The molecule has 0 spiro atoms. The van der Waals surface area contributed by atoms with Crippen LogP contribution in [0.5, 0.6) is 0 Å². The Hall–Kier alpha value is -3.31. The number of carbonyl (C=O) groups is 3. The predicted octanol–water partition coefficient (Wildman–Crippen LogP) is 1.46. The van der Waals surface area contributed by atoms with Gasteiger partial charge >= 0.3 is 0 Å². The summed E-state index contributed by atoms with van der Waals surface area (Å²) in [6.45, 7) is 8.10. The van der Waals surface area contributed by atoms with E-state index in [-0.39, 0.29) is 30.3 Å². The molecule has 4 N–H and O–H groups in total. The van der Waals surface area contributed by atoms with Gasteiger partial charge in [-0.05, 0) is 37.1 Å². The number of hydrogen-bond acceptors (Lipinski definition) is 7. The van der Waals surface area contributed by atoms with E-state index in [1.165, 1.54) is 0 Å². The van der Waals surface area contributed by atoms with Crippen LogP contribution in [0, 0.1) is 0 Å². The van der Waals surface area contributed by atoms with Crippen LogP contribution >= 0.6 is 0 Å². The number of hydrogen-bond donors (Lipinski definition) is 3. The van der Waals surface area contributed by atoms with Crippen molar-refractivity contribution in [1.29, 1.82) is 0 Å². The number of likely N-dealkylation sites (tertiary alicyclic amines) is 1. The summed E-state index contributed by atoms with van der Waals surface area (Å²) in [6, 6.07) is 14.7. The Balaban J connectivity index is 1.11. The van der Waals surface area contributed by atoms with Crippen LogP contribution in [0.2, 0.25) is 0 Å². The van der Waals surface area contributed by atoms with E-state index in [0.29, 0.717) is 35.6 Å². The molecule has 3 aliphatic heterocycles. The van der Waals surface area contributed by atoms with Gasteiger partial charge < -0.3 is 21.3 Å². The Kier molecular flexibility index (Phi) is 8.88. The summed E-state index contributed by atoms with van der Waals surface area (Å²) in [6.07, 6.45) is 2.13. The maximum Gasteiger partial charge on any atom is 0.257 e. The second-order valence-corrected chi connectivity index (χ2v) is 10.6. The Bertz CT molecular complexity index is 1170. The van der Waals surface area contributed by atoms with Crippen LogP contribution in [-0.2, 0) is 9.59 Å². The van der Waals surface area contributed by atoms with Crippen molar-refractivity contribution in [3.63, 3.8) is 0 Å². The Morgan fingerprint density at radius 3 is 2.21 bits per heavy atom. The van der Waals surface area contributed by atoms with E-state index in [9.17, 15) is 14.4 Å². The summed E-state index contributed by atoms with van der Waals surface area (Å²) >= 11 is 0. The largest absolute Gasteiger partial charge is 0.353 e. The van der Waals surface area contributed by atoms with E-state index in [1.54, 1.807) is 17.0 Å². The number of anilines is 3. The molecule has 0 aliphatic carbocycles. The standard InChI is InChI=1S/C29H39N7O3/c30-12-16-34-19-17-33(18-20-34)15-11-27(37)31-22-9-13-35(14-10-22)21-28(38)36-25-7-3-1-5-23(25)29(39)32-24-6-2-4-8-26(24)36/h1-8,22H,9-21,30H2,(H,31,37)(H,32,39). The quantitative estimate of drug-likeness (QED) is 0.471. The van der Waals surface area contributed by atoms with E-state index in [2.05, 4.69) is 25.3 Å². The topological polar surface area (TPSA) is 114 Å². The molecule has 10 heteroatoms. The fourth-order valence-corrected chi connectivity index (χ4v) is 5.70. The highest BCUT2D eigenvalue weighted by molar-refractivity contribution is 6.17. The van der Waals surface area contributed by atoms with E-state index in [1.807, 2.05) is 36.4 Å². The molecule has 208 valence electrons. The summed E-state index contributed by atoms with van der Waals surface area (Å²) in [7, 11) is 0. The minimum atomic E-state index is -0.223. The number of benzene rings is 2. The zero-order valence-electron chi connectivity index (χ0n) is 22.5. The number of nitrogens with two attached hydrogens (primary N) is 1. The minimum absolute atomic E-state index is 0.0829. The first kappa shape index (κ1) is 27.3. The molecule has 2 aromatic rings. The van der Waals surface area contributed by atoms with Crippen molar-refractivity contribution in [2.24, 2.45) is 5.73 Å². The molecule has 0 unspecified atom stereocenters. The third-order valence-corrected chi connectivity index (χ3v) is 7.91. The Labute approximate surface area is 230 Å². The lowest BCUT2D eigenvalue weighted by Gasteiger charge is -2.35. The van der Waals surface area contributed by atoms with Gasteiger partial charge in [0.1, 0.15) is 0 Å². The Morgan fingerprint density at radius 1 is 0.846 bits per heavy atom. The molecule has 2 fully saturated rings. The molecule has 0 bridgehead atoms. The van der Waals surface area contributed by atoms with Gasteiger partial charge in [-0.1, -0.05) is 24.3 Å². The summed E-state index contributed by atoms with van der Waals surface area (Å²) in [5.41, 5.74) is 8.00. The average Bonchev–Trinajstić information content (AvgIpc) is 3.07. The molecule has 3 amide bonds. The Morgan fingerprint density at radius 2 is 1.49 bits per heavy atom. The van der Waals surface area contributed by atoms with E-state index in [4.69, 9.17) is 5.73 Å². The average molecular weight is 534 g/mol. The molecular weight excluding hydrogens is 494 g/mol. The molecule has 0 radical (unpaired) electrons. The highest BCUT2D eigenvalue weighted by atomic mass is 16.2. The molecule has 39 heavy (non-hydrogen) atoms. The summed E-state index contributed by atoms with van der Waals surface area (Å²) in [4.78, 5) is 47.6. The highest BCUT2D eigenvalue weighted by Gasteiger charge is 2.31. The summed E-state index contributed by atoms with van der Waals surface area (Å²) in [5, 5.41) is 6.14. The van der Waals surface area contributed by atoms with E-state index >= 15 is 0 Å². The first-order chi connectivity index (χ1) is 19.0. The van der Waals surface area contributed by atoms with Crippen LogP contribution in [0.15, 0.2) is 48.5 Å². The van der Waals surface area contributed by atoms with Crippen LogP contribution in [0.25, 0.3) is 0 Å². The number of carbonyl (C=O) groups excluding carboxylic acids is 3. The third-order valence-electron chi connectivity index (χ3n) is 7.91. The fourth-order valence-electron chi connectivity index (χ4n) is 5.70. The van der Waals surface area contributed by atoms with Crippen LogP contribution < -0.4 is 21.3 Å². The highest BCUT2D eigenvalue weighted by Crippen LogP contribution is 2.37. The van der Waals surface area contributed by atoms with Crippen molar-refractivity contribution in [3.8, 4) is 0 Å². The van der Waals surface area contributed by atoms with Gasteiger partial charge in [-0.25, -0.2) is 0 Å². The molecule has 2 aromatic carbocycles. The number of piperidine rings is 1. The lowest BCUT2D eigenvalue weighted by atomic mass is 10.0. The smallest absolute Gasteiger partial charge is 0.257 e. The van der Waals surface area contributed by atoms with Crippen molar-refractivity contribution in [3.05, 3.63) is 54.1 Å². The predicted molar refractivity (Wildman–Crippen MR) is 152 cm³/mol. The maximum absolute atomic E-state index is 13.7. The molecule has 0 atom stereocenters. The normalized spacial score (nSPS) is 19.1. The van der Waals surface area contributed by atoms with Crippen molar-refractivity contribution in [2.75, 3.05) is 75.7 Å². The van der Waals surface area contributed by atoms with Gasteiger partial charge in [-0.3, -0.25) is 29.1 Å². The zero-order valence-corrected chi connectivity index (χ0v) is 22.5.